The molecule has 5 nitrogen and oxygen atoms in total. The van der Waals surface area contributed by atoms with Crippen molar-refractivity contribution in [2.45, 2.75) is 75.9 Å². The number of hydrogen-bond acceptors (Lipinski definition) is 3. The van der Waals surface area contributed by atoms with Crippen LogP contribution in [0.3, 0.4) is 0 Å². The van der Waals surface area contributed by atoms with Gasteiger partial charge in [0.25, 0.3) is 5.91 Å². The maximum absolute atomic E-state index is 13.2. The van der Waals surface area contributed by atoms with Crippen molar-refractivity contribution in [1.29, 1.82) is 0 Å². The Morgan fingerprint density at radius 1 is 1.04 bits per heavy atom. The molecule has 2 aliphatic carbocycles. The highest BCUT2D eigenvalue weighted by molar-refractivity contribution is 6.47. The summed E-state index contributed by atoms with van der Waals surface area (Å²) in [5.41, 5.74) is 0.843. The lowest BCUT2D eigenvalue weighted by Crippen LogP contribution is -2.53. The Morgan fingerprint density at radius 2 is 1.70 bits per heavy atom. The van der Waals surface area contributed by atoms with Gasteiger partial charge in [-0.25, -0.2) is 0 Å². The Hall–Kier alpha value is -2.17. The number of carbonyl (C=O) groups excluding carboxylic acids is 2. The molecule has 1 aromatic rings. The molecule has 27 heavy (non-hydrogen) atoms. The molecule has 1 N–H and O–H groups in total. The van der Waals surface area contributed by atoms with Crippen LogP contribution < -0.4 is 5.32 Å². The molecule has 144 valence electrons. The zero-order valence-corrected chi connectivity index (χ0v) is 16.0. The van der Waals surface area contributed by atoms with Crippen LogP contribution in [0.25, 0.3) is 0 Å². The molecular formula is C22H29N3O2. The lowest BCUT2D eigenvalue weighted by molar-refractivity contribution is -0.136. The Kier molecular flexibility index (Phi) is 5.28. The van der Waals surface area contributed by atoms with Gasteiger partial charge in [0.1, 0.15) is 17.9 Å². The molecule has 0 radical (unpaired) electrons. The third-order valence-electron chi connectivity index (χ3n) is 6.24. The summed E-state index contributed by atoms with van der Waals surface area (Å²) >= 11 is 0. The first kappa shape index (κ1) is 18.2. The van der Waals surface area contributed by atoms with Crippen LogP contribution in [0.4, 0.5) is 0 Å². The van der Waals surface area contributed by atoms with Gasteiger partial charge in [0.2, 0.25) is 5.91 Å². The predicted octanol–water partition coefficient (Wildman–Crippen LogP) is 3.43. The van der Waals surface area contributed by atoms with E-state index in [1.165, 1.54) is 25.7 Å². The third kappa shape index (κ3) is 3.78. The summed E-state index contributed by atoms with van der Waals surface area (Å²) < 4.78 is 0. The molecular weight excluding hydrogens is 338 g/mol. The Morgan fingerprint density at radius 3 is 2.41 bits per heavy atom. The Labute approximate surface area is 161 Å². The second-order valence-corrected chi connectivity index (χ2v) is 8.16. The maximum atomic E-state index is 13.2. The molecule has 0 bridgehead atoms. The van der Waals surface area contributed by atoms with Crippen LogP contribution in [0.15, 0.2) is 35.3 Å². The zero-order valence-electron chi connectivity index (χ0n) is 16.0. The van der Waals surface area contributed by atoms with Crippen LogP contribution >= 0.6 is 0 Å². The first-order chi connectivity index (χ1) is 13.2. The van der Waals surface area contributed by atoms with Crippen LogP contribution in [0, 0.1) is 0 Å². The van der Waals surface area contributed by atoms with E-state index in [0.717, 1.165) is 44.1 Å². The fourth-order valence-corrected chi connectivity index (χ4v) is 4.80. The average Bonchev–Trinajstić information content (AvgIpc) is 2.96. The van der Waals surface area contributed by atoms with Gasteiger partial charge < -0.3 is 10.2 Å². The highest BCUT2D eigenvalue weighted by Crippen LogP contribution is 2.39. The molecule has 4 rings (SSSR count). The zero-order chi connectivity index (χ0) is 18.7. The standard InChI is InChI=1S/C22H29N3O2/c26-19(23-18-12-6-2-7-13-18)16-25-21(27)20(17-10-4-1-5-11-17)24-22(25)14-8-3-9-15-22/h1,4-5,10-11,18H,2-3,6-9,12-16H2,(H,23,26). The molecule has 0 unspecified atom stereocenters. The van der Waals surface area contributed by atoms with Crippen molar-refractivity contribution in [2.75, 3.05) is 6.54 Å². The van der Waals surface area contributed by atoms with Crippen LogP contribution in [-0.2, 0) is 9.59 Å². The molecule has 2 saturated carbocycles. The number of aliphatic imine (C=N–C) groups is 1. The summed E-state index contributed by atoms with van der Waals surface area (Å²) in [6, 6.07) is 9.92. The summed E-state index contributed by atoms with van der Waals surface area (Å²) in [4.78, 5) is 32.6. The fourth-order valence-electron chi connectivity index (χ4n) is 4.80. The van der Waals surface area contributed by atoms with Crippen molar-refractivity contribution >= 4 is 17.5 Å². The summed E-state index contributed by atoms with van der Waals surface area (Å²) in [6.07, 6.45) is 10.7. The van der Waals surface area contributed by atoms with E-state index in [2.05, 4.69) is 5.32 Å². The van der Waals surface area contributed by atoms with Crippen LogP contribution in [0.5, 0.6) is 0 Å². The van der Waals surface area contributed by atoms with Crippen molar-refractivity contribution in [2.24, 2.45) is 4.99 Å². The molecule has 0 atom stereocenters. The van der Waals surface area contributed by atoms with Crippen molar-refractivity contribution in [1.82, 2.24) is 10.2 Å². The maximum Gasteiger partial charge on any atom is 0.275 e. The topological polar surface area (TPSA) is 61.8 Å². The number of rotatable bonds is 4. The second kappa shape index (κ2) is 7.83. The van der Waals surface area contributed by atoms with Gasteiger partial charge >= 0.3 is 0 Å². The van der Waals surface area contributed by atoms with E-state index in [4.69, 9.17) is 4.99 Å². The minimum Gasteiger partial charge on any atom is -0.352 e. The molecule has 0 aromatic heterocycles. The van der Waals surface area contributed by atoms with Gasteiger partial charge in [-0.1, -0.05) is 56.0 Å². The lowest BCUT2D eigenvalue weighted by Gasteiger charge is -2.39. The van der Waals surface area contributed by atoms with Crippen molar-refractivity contribution in [3.05, 3.63) is 35.9 Å². The third-order valence-corrected chi connectivity index (χ3v) is 6.24. The highest BCUT2D eigenvalue weighted by Gasteiger charge is 2.48. The number of hydrogen-bond donors (Lipinski definition) is 1. The monoisotopic (exact) mass is 367 g/mol. The van der Waals surface area contributed by atoms with Crippen LogP contribution in [0.2, 0.25) is 0 Å². The predicted molar refractivity (Wildman–Crippen MR) is 106 cm³/mol. The first-order valence-electron chi connectivity index (χ1n) is 10.4. The smallest absolute Gasteiger partial charge is 0.275 e. The van der Waals surface area contributed by atoms with Gasteiger partial charge in [0.15, 0.2) is 0 Å². The van der Waals surface area contributed by atoms with Gasteiger partial charge in [-0.2, -0.15) is 0 Å². The molecule has 1 spiro atoms. The first-order valence-corrected chi connectivity index (χ1v) is 10.4. The van der Waals surface area contributed by atoms with Crippen molar-refractivity contribution < 1.29 is 9.59 Å². The highest BCUT2D eigenvalue weighted by atomic mass is 16.2. The molecule has 2 amide bonds. The number of nitrogens with zero attached hydrogens (tertiary/aromatic N) is 2. The van der Waals surface area contributed by atoms with Gasteiger partial charge in [0.05, 0.1) is 0 Å². The summed E-state index contributed by atoms with van der Waals surface area (Å²) in [5.74, 6) is -0.133. The van der Waals surface area contributed by atoms with E-state index >= 15 is 0 Å². The number of nitrogens with one attached hydrogen (secondary N) is 1. The van der Waals surface area contributed by atoms with Crippen molar-refractivity contribution in [3.63, 3.8) is 0 Å². The van der Waals surface area contributed by atoms with E-state index in [1.807, 2.05) is 30.3 Å². The lowest BCUT2D eigenvalue weighted by atomic mass is 9.88. The Bertz CT molecular complexity index is 716. The largest absolute Gasteiger partial charge is 0.352 e. The number of amides is 2. The van der Waals surface area contributed by atoms with Gasteiger partial charge in [-0.15, -0.1) is 0 Å². The van der Waals surface area contributed by atoms with E-state index in [1.54, 1.807) is 4.90 Å². The van der Waals surface area contributed by atoms with E-state index in [9.17, 15) is 9.59 Å². The second-order valence-electron chi connectivity index (χ2n) is 8.16. The molecule has 2 fully saturated rings. The van der Waals surface area contributed by atoms with Crippen LogP contribution in [-0.4, -0.2) is 40.7 Å². The number of benzene rings is 1. The normalized spacial score (nSPS) is 22.7. The summed E-state index contributed by atoms with van der Waals surface area (Å²) in [7, 11) is 0. The summed E-state index contributed by atoms with van der Waals surface area (Å²) in [5, 5.41) is 3.16. The minimum absolute atomic E-state index is 0.0373. The molecule has 5 heteroatoms. The van der Waals surface area contributed by atoms with E-state index < -0.39 is 5.66 Å². The molecule has 1 aliphatic heterocycles. The quantitative estimate of drug-likeness (QED) is 0.886. The fraction of sp³-hybridized carbons (Fsp3) is 0.591. The SMILES string of the molecule is O=C(CN1C(=O)C(c2ccccc2)=NC12CCCCC2)NC1CCCCC1. The summed E-state index contributed by atoms with van der Waals surface area (Å²) in [6.45, 7) is 0.120. The van der Waals surface area contributed by atoms with Gasteiger partial charge in [0, 0.05) is 11.6 Å². The van der Waals surface area contributed by atoms with E-state index in [0.29, 0.717) is 5.71 Å². The number of carbonyl (C=O) groups is 2. The minimum atomic E-state index is -0.523. The Balaban J connectivity index is 1.53. The molecule has 3 aliphatic rings. The molecule has 0 saturated heterocycles. The van der Waals surface area contributed by atoms with Gasteiger partial charge in [-0.05, 0) is 38.5 Å². The van der Waals surface area contributed by atoms with Gasteiger partial charge in [-0.3, -0.25) is 14.6 Å². The van der Waals surface area contributed by atoms with Crippen LogP contribution in [0.1, 0.15) is 69.8 Å². The van der Waals surface area contributed by atoms with Crippen molar-refractivity contribution in [3.8, 4) is 0 Å². The molecule has 1 heterocycles. The average molecular weight is 367 g/mol. The van der Waals surface area contributed by atoms with E-state index in [-0.39, 0.29) is 24.4 Å². The molecule has 1 aromatic carbocycles.